The lowest BCUT2D eigenvalue weighted by molar-refractivity contribution is 0.113. The summed E-state index contributed by atoms with van der Waals surface area (Å²) in [4.78, 5) is 0. The zero-order valence-electron chi connectivity index (χ0n) is 12.5. The third kappa shape index (κ3) is 3.26. The van der Waals surface area contributed by atoms with E-state index in [1.807, 2.05) is 0 Å². The van der Waals surface area contributed by atoms with Crippen molar-refractivity contribution in [3.8, 4) is 0 Å². The van der Waals surface area contributed by atoms with Gasteiger partial charge in [-0.1, -0.05) is 19.8 Å². The van der Waals surface area contributed by atoms with Gasteiger partial charge in [-0.3, -0.25) is 4.68 Å². The molecule has 4 nitrogen and oxygen atoms in total. The summed E-state index contributed by atoms with van der Waals surface area (Å²) in [5.74, 6) is 0.758. The maximum atomic E-state index is 9.91. The summed E-state index contributed by atoms with van der Waals surface area (Å²) in [6.45, 7) is 5.75. The highest BCUT2D eigenvalue weighted by atomic mass is 79.9. The molecule has 1 fully saturated rings. The van der Waals surface area contributed by atoms with Crippen LogP contribution in [0.4, 0.5) is 0 Å². The first-order valence-corrected chi connectivity index (χ1v) is 8.43. The van der Waals surface area contributed by atoms with Crippen LogP contribution in [0.25, 0.3) is 0 Å². The van der Waals surface area contributed by atoms with Gasteiger partial charge < -0.3 is 10.8 Å². The number of hydrogen-bond donors (Lipinski definition) is 2. The molecule has 5 heteroatoms. The van der Waals surface area contributed by atoms with Gasteiger partial charge in [-0.05, 0) is 48.0 Å². The van der Waals surface area contributed by atoms with E-state index in [0.717, 1.165) is 41.9 Å². The molecule has 1 unspecified atom stereocenters. The normalized spacial score (nSPS) is 18.2. The lowest BCUT2D eigenvalue weighted by Gasteiger charge is -2.31. The van der Waals surface area contributed by atoms with Gasteiger partial charge in [0, 0.05) is 18.5 Å². The summed E-state index contributed by atoms with van der Waals surface area (Å²) in [7, 11) is 0. The minimum atomic E-state index is -0.193. The first-order chi connectivity index (χ1) is 9.59. The Morgan fingerprint density at radius 2 is 2.15 bits per heavy atom. The van der Waals surface area contributed by atoms with Crippen molar-refractivity contribution in [3.63, 3.8) is 0 Å². The number of hydrogen-bond acceptors (Lipinski definition) is 3. The van der Waals surface area contributed by atoms with E-state index in [1.54, 1.807) is 0 Å². The monoisotopic (exact) mass is 343 g/mol. The number of nitrogens with two attached hydrogens (primary N) is 1. The molecule has 0 radical (unpaired) electrons. The van der Waals surface area contributed by atoms with Crippen LogP contribution in [0, 0.1) is 11.3 Å². The number of aryl methyl sites for hydroxylation is 2. The molecule has 0 spiro atoms. The molecule has 0 aliphatic heterocycles. The van der Waals surface area contributed by atoms with Crippen molar-refractivity contribution in [2.45, 2.75) is 52.5 Å². The van der Waals surface area contributed by atoms with Gasteiger partial charge in [-0.2, -0.15) is 5.10 Å². The first-order valence-electron chi connectivity index (χ1n) is 7.64. The zero-order chi connectivity index (χ0) is 14.8. The molecule has 1 heterocycles. The number of nitrogens with zero attached hydrogens (tertiary/aromatic N) is 2. The van der Waals surface area contributed by atoms with Crippen molar-refractivity contribution in [2.24, 2.45) is 17.1 Å². The average Bonchev–Trinajstić information content (AvgIpc) is 3.23. The van der Waals surface area contributed by atoms with E-state index in [9.17, 15) is 5.11 Å². The molecule has 3 N–H and O–H groups in total. The van der Waals surface area contributed by atoms with Crippen LogP contribution in [0.1, 0.15) is 44.5 Å². The topological polar surface area (TPSA) is 64.1 Å². The first kappa shape index (κ1) is 16.0. The largest absolute Gasteiger partial charge is 0.396 e. The van der Waals surface area contributed by atoms with Crippen molar-refractivity contribution in [2.75, 3.05) is 13.2 Å². The van der Waals surface area contributed by atoms with E-state index < -0.39 is 0 Å². The Morgan fingerprint density at radius 1 is 1.45 bits per heavy atom. The quantitative estimate of drug-likeness (QED) is 0.762. The summed E-state index contributed by atoms with van der Waals surface area (Å²) >= 11 is 3.69. The second kappa shape index (κ2) is 6.58. The number of aromatic nitrogens is 2. The Morgan fingerprint density at radius 3 is 2.60 bits per heavy atom. The van der Waals surface area contributed by atoms with Gasteiger partial charge in [0.05, 0.1) is 22.5 Å². The number of halogens is 1. The van der Waals surface area contributed by atoms with Gasteiger partial charge in [0.25, 0.3) is 0 Å². The Labute approximate surface area is 129 Å². The molecule has 1 atom stereocenters. The van der Waals surface area contributed by atoms with Crippen LogP contribution >= 0.6 is 15.9 Å². The Kier molecular flexibility index (Phi) is 5.26. The molecule has 0 amide bonds. The minimum absolute atomic E-state index is 0.156. The van der Waals surface area contributed by atoms with Gasteiger partial charge in [0.15, 0.2) is 0 Å². The molecule has 0 saturated heterocycles. The second-order valence-electron chi connectivity index (χ2n) is 6.06. The molecule has 2 rings (SSSR count). The van der Waals surface area contributed by atoms with E-state index in [1.165, 1.54) is 18.5 Å². The van der Waals surface area contributed by atoms with E-state index in [2.05, 4.69) is 39.6 Å². The van der Waals surface area contributed by atoms with Crippen LogP contribution in [0.15, 0.2) is 4.47 Å². The van der Waals surface area contributed by atoms with Crippen molar-refractivity contribution in [3.05, 3.63) is 15.9 Å². The van der Waals surface area contributed by atoms with Crippen LogP contribution in [0.5, 0.6) is 0 Å². The lowest BCUT2D eigenvalue weighted by Crippen LogP contribution is -2.37. The van der Waals surface area contributed by atoms with E-state index >= 15 is 0 Å². The van der Waals surface area contributed by atoms with Gasteiger partial charge in [-0.15, -0.1) is 0 Å². The van der Waals surface area contributed by atoms with Gasteiger partial charge in [-0.25, -0.2) is 0 Å². The number of rotatable bonds is 8. The van der Waals surface area contributed by atoms with Crippen LogP contribution in [-0.2, 0) is 19.4 Å². The molecule has 1 aliphatic rings. The summed E-state index contributed by atoms with van der Waals surface area (Å²) in [5, 5.41) is 14.5. The molecular formula is C15H26BrN3O. The third-order valence-corrected chi connectivity index (χ3v) is 5.34. The summed E-state index contributed by atoms with van der Waals surface area (Å²) < 4.78 is 3.15. The number of aliphatic hydroxyl groups excluding tert-OH is 1. The van der Waals surface area contributed by atoms with Crippen LogP contribution in [0.2, 0.25) is 0 Å². The lowest BCUT2D eigenvalue weighted by atomic mass is 9.79. The molecule has 1 saturated carbocycles. The predicted octanol–water partition coefficient (Wildman–Crippen LogP) is 2.51. The molecule has 1 aromatic rings. The molecule has 1 aromatic heterocycles. The van der Waals surface area contributed by atoms with Crippen LogP contribution in [0.3, 0.4) is 0 Å². The summed E-state index contributed by atoms with van der Waals surface area (Å²) in [6, 6.07) is 0. The Balaban J connectivity index is 2.27. The fraction of sp³-hybridized carbons (Fsp3) is 0.800. The molecule has 20 heavy (non-hydrogen) atoms. The van der Waals surface area contributed by atoms with Gasteiger partial charge in [0.1, 0.15) is 0 Å². The smallest absolute Gasteiger partial charge is 0.0766 e. The fourth-order valence-electron chi connectivity index (χ4n) is 2.89. The summed E-state index contributed by atoms with van der Waals surface area (Å²) in [5.41, 5.74) is 8.10. The standard InChI is InChI=1S/C15H26BrN3O/c1-3-12-14(16)13(19(4-2)18-12)8-15(9-17,10-20)7-11-5-6-11/h11,20H,3-10,17H2,1-2H3. The Bertz CT molecular complexity index is 450. The molecule has 1 aliphatic carbocycles. The summed E-state index contributed by atoms with van der Waals surface area (Å²) in [6.07, 6.45) is 5.32. The molecule has 114 valence electrons. The van der Waals surface area contributed by atoms with Crippen molar-refractivity contribution in [1.82, 2.24) is 9.78 Å². The minimum Gasteiger partial charge on any atom is -0.396 e. The maximum Gasteiger partial charge on any atom is 0.0766 e. The average molecular weight is 344 g/mol. The number of aliphatic hydroxyl groups is 1. The van der Waals surface area contributed by atoms with Crippen molar-refractivity contribution in [1.29, 1.82) is 0 Å². The van der Waals surface area contributed by atoms with E-state index in [-0.39, 0.29) is 12.0 Å². The van der Waals surface area contributed by atoms with Gasteiger partial charge in [0.2, 0.25) is 0 Å². The molecule has 0 bridgehead atoms. The highest BCUT2D eigenvalue weighted by Gasteiger charge is 2.37. The Hall–Kier alpha value is -0.390. The van der Waals surface area contributed by atoms with Crippen LogP contribution < -0.4 is 5.73 Å². The third-order valence-electron chi connectivity index (χ3n) is 4.42. The SMILES string of the molecule is CCc1nn(CC)c(CC(CN)(CO)CC2CC2)c1Br. The van der Waals surface area contributed by atoms with Crippen LogP contribution in [-0.4, -0.2) is 28.0 Å². The van der Waals surface area contributed by atoms with Crippen molar-refractivity contribution >= 4 is 15.9 Å². The second-order valence-corrected chi connectivity index (χ2v) is 6.86. The highest BCUT2D eigenvalue weighted by Crippen LogP contribution is 2.42. The molecule has 0 aromatic carbocycles. The highest BCUT2D eigenvalue weighted by molar-refractivity contribution is 9.10. The van der Waals surface area contributed by atoms with Crippen molar-refractivity contribution < 1.29 is 5.11 Å². The maximum absolute atomic E-state index is 9.91. The van der Waals surface area contributed by atoms with E-state index in [0.29, 0.717) is 6.54 Å². The molecular weight excluding hydrogens is 318 g/mol. The van der Waals surface area contributed by atoms with Gasteiger partial charge >= 0.3 is 0 Å². The zero-order valence-corrected chi connectivity index (χ0v) is 14.1. The predicted molar refractivity (Wildman–Crippen MR) is 84.6 cm³/mol. The fourth-order valence-corrected chi connectivity index (χ4v) is 3.59. The van der Waals surface area contributed by atoms with E-state index in [4.69, 9.17) is 5.73 Å².